The highest BCUT2D eigenvalue weighted by Gasteiger charge is 2.23. The second-order valence-corrected chi connectivity index (χ2v) is 10.2. The van der Waals surface area contributed by atoms with Crippen LogP contribution in [0.3, 0.4) is 0 Å². The minimum Gasteiger partial charge on any atom is -0.494 e. The van der Waals surface area contributed by atoms with E-state index in [1.54, 1.807) is 18.2 Å². The number of aromatic amines is 3. The van der Waals surface area contributed by atoms with Crippen molar-refractivity contribution in [2.24, 2.45) is 0 Å². The molecule has 11 heteroatoms. The van der Waals surface area contributed by atoms with E-state index in [0.29, 0.717) is 34.3 Å². The van der Waals surface area contributed by atoms with Crippen LogP contribution in [0.4, 0.5) is 5.69 Å². The number of fused-ring (bicyclic) bond motifs is 2. The van der Waals surface area contributed by atoms with Crippen LogP contribution in [0.2, 0.25) is 0 Å². The van der Waals surface area contributed by atoms with E-state index in [0.717, 1.165) is 27.9 Å². The van der Waals surface area contributed by atoms with Gasteiger partial charge in [0, 0.05) is 34.0 Å². The average molecular weight is 540 g/mol. The van der Waals surface area contributed by atoms with Gasteiger partial charge in [0.15, 0.2) is 11.0 Å². The molecule has 3 heterocycles. The minimum absolute atomic E-state index is 0.202. The summed E-state index contributed by atoms with van der Waals surface area (Å²) in [6.45, 7) is 4.34. The van der Waals surface area contributed by atoms with Gasteiger partial charge < -0.3 is 25.0 Å². The van der Waals surface area contributed by atoms with Gasteiger partial charge in [-0.1, -0.05) is 30.0 Å². The van der Waals surface area contributed by atoms with Crippen LogP contribution in [0.15, 0.2) is 82.9 Å². The number of hydrogen-bond acceptors (Lipinski definition) is 6. The van der Waals surface area contributed by atoms with E-state index >= 15 is 0 Å². The molecule has 10 nitrogen and oxygen atoms in total. The lowest BCUT2D eigenvalue weighted by atomic mass is 10.1. The predicted octanol–water partition coefficient (Wildman–Crippen LogP) is 5.10. The van der Waals surface area contributed by atoms with Crippen LogP contribution in [-0.2, 0) is 4.79 Å². The van der Waals surface area contributed by atoms with Crippen molar-refractivity contribution in [3.8, 4) is 22.8 Å². The van der Waals surface area contributed by atoms with E-state index < -0.39 is 5.25 Å². The fourth-order valence-corrected chi connectivity index (χ4v) is 5.30. The molecule has 3 aromatic carbocycles. The molecule has 3 aromatic heterocycles. The molecular formula is C28H25N7O3S. The SMILES string of the molecule is CCOc1ccc(-n2c(S[C@H](C)C(=O)Nc3ccc4[nH]c(=O)[nH]c4c3)nnc2-c2c[nH]c3ccccc23)cc1. The summed E-state index contributed by atoms with van der Waals surface area (Å²) in [6, 6.07) is 21.0. The molecule has 1 amide bonds. The first-order chi connectivity index (χ1) is 19.0. The standard InChI is InChI=1S/C28H25N7O3S/c1-3-38-19-11-9-18(10-12-19)35-25(21-15-29-22-7-5-4-6-20(21)22)33-34-28(35)39-16(2)26(36)30-17-8-13-23-24(14-17)32-27(37)31-23/h4-16,29H,3H2,1-2H3,(H,30,36)(H2,31,32,37)/t16-/m1/s1. The Kier molecular flexibility index (Phi) is 6.41. The Balaban J connectivity index is 1.32. The van der Waals surface area contributed by atoms with Gasteiger partial charge in [0.05, 0.1) is 22.9 Å². The van der Waals surface area contributed by atoms with E-state index in [1.807, 2.05) is 73.1 Å². The van der Waals surface area contributed by atoms with Crippen LogP contribution >= 0.6 is 11.8 Å². The van der Waals surface area contributed by atoms with E-state index in [2.05, 4.69) is 30.5 Å². The average Bonchev–Trinajstić information content (AvgIpc) is 3.65. The number of H-pyrrole nitrogens is 3. The third-order valence-corrected chi connectivity index (χ3v) is 7.35. The Hall–Kier alpha value is -4.77. The number of aromatic nitrogens is 6. The number of thioether (sulfide) groups is 1. The number of carbonyl (C=O) groups excluding carboxylic acids is 1. The summed E-state index contributed by atoms with van der Waals surface area (Å²) in [5.41, 5.74) is 4.34. The molecule has 0 aliphatic heterocycles. The van der Waals surface area contributed by atoms with Crippen LogP contribution in [-0.4, -0.2) is 47.5 Å². The number of rotatable bonds is 8. The molecule has 39 heavy (non-hydrogen) atoms. The maximum atomic E-state index is 13.1. The van der Waals surface area contributed by atoms with Crippen molar-refractivity contribution in [3.05, 3.63) is 83.4 Å². The van der Waals surface area contributed by atoms with Gasteiger partial charge in [-0.25, -0.2) is 4.79 Å². The molecular weight excluding hydrogens is 514 g/mol. The number of imidazole rings is 1. The van der Waals surface area contributed by atoms with Crippen molar-refractivity contribution in [3.63, 3.8) is 0 Å². The number of amides is 1. The van der Waals surface area contributed by atoms with E-state index in [9.17, 15) is 9.59 Å². The quantitative estimate of drug-likeness (QED) is 0.199. The third kappa shape index (κ3) is 4.79. The van der Waals surface area contributed by atoms with E-state index in [-0.39, 0.29) is 11.6 Å². The molecule has 0 saturated heterocycles. The number of carbonyl (C=O) groups is 1. The zero-order chi connectivity index (χ0) is 26.9. The normalized spacial score (nSPS) is 12.2. The molecule has 1 atom stereocenters. The number of anilines is 1. The summed E-state index contributed by atoms with van der Waals surface area (Å²) in [4.78, 5) is 33.4. The summed E-state index contributed by atoms with van der Waals surface area (Å²) >= 11 is 1.31. The molecule has 0 bridgehead atoms. The summed E-state index contributed by atoms with van der Waals surface area (Å²) in [5.74, 6) is 1.23. The lowest BCUT2D eigenvalue weighted by molar-refractivity contribution is -0.115. The van der Waals surface area contributed by atoms with Crippen LogP contribution in [0, 0.1) is 0 Å². The van der Waals surface area contributed by atoms with Gasteiger partial charge in [-0.2, -0.15) is 0 Å². The molecule has 196 valence electrons. The highest BCUT2D eigenvalue weighted by atomic mass is 32.2. The zero-order valence-electron chi connectivity index (χ0n) is 21.2. The summed E-state index contributed by atoms with van der Waals surface area (Å²) < 4.78 is 7.58. The maximum Gasteiger partial charge on any atom is 0.323 e. The highest BCUT2D eigenvalue weighted by Crippen LogP contribution is 2.34. The molecule has 0 fully saturated rings. The highest BCUT2D eigenvalue weighted by molar-refractivity contribution is 8.00. The van der Waals surface area contributed by atoms with Gasteiger partial charge in [0.2, 0.25) is 5.91 Å². The second kappa shape index (κ2) is 10.2. The number of nitrogens with zero attached hydrogens (tertiary/aromatic N) is 3. The van der Waals surface area contributed by atoms with Crippen LogP contribution in [0.1, 0.15) is 13.8 Å². The van der Waals surface area contributed by atoms with Crippen molar-refractivity contribution in [1.82, 2.24) is 29.7 Å². The van der Waals surface area contributed by atoms with Gasteiger partial charge in [0.25, 0.3) is 0 Å². The molecule has 0 aliphatic rings. The Labute approximate surface area is 226 Å². The third-order valence-electron chi connectivity index (χ3n) is 6.30. The van der Waals surface area contributed by atoms with Gasteiger partial charge >= 0.3 is 5.69 Å². The summed E-state index contributed by atoms with van der Waals surface area (Å²) in [7, 11) is 0. The van der Waals surface area contributed by atoms with Crippen molar-refractivity contribution < 1.29 is 9.53 Å². The second-order valence-electron chi connectivity index (χ2n) is 8.91. The fourth-order valence-electron chi connectivity index (χ4n) is 4.43. The van der Waals surface area contributed by atoms with Crippen LogP contribution in [0.25, 0.3) is 39.0 Å². The Bertz CT molecular complexity index is 1850. The molecule has 0 aliphatic carbocycles. The molecule has 6 aromatic rings. The first-order valence-electron chi connectivity index (χ1n) is 12.4. The maximum absolute atomic E-state index is 13.1. The Morgan fingerprint density at radius 3 is 2.64 bits per heavy atom. The van der Waals surface area contributed by atoms with Gasteiger partial charge in [-0.05, 0) is 62.4 Å². The van der Waals surface area contributed by atoms with Gasteiger partial charge in [-0.3, -0.25) is 9.36 Å². The Morgan fingerprint density at radius 2 is 1.82 bits per heavy atom. The number of benzene rings is 3. The topological polar surface area (TPSA) is 133 Å². The summed E-state index contributed by atoms with van der Waals surface area (Å²) in [5, 5.41) is 13.1. The van der Waals surface area contributed by atoms with Crippen molar-refractivity contribution in [2.75, 3.05) is 11.9 Å². The van der Waals surface area contributed by atoms with Crippen molar-refractivity contribution >= 4 is 45.3 Å². The number of nitrogens with one attached hydrogen (secondary N) is 4. The molecule has 6 rings (SSSR count). The fraction of sp³-hybridized carbons (Fsp3) is 0.143. The molecule has 0 spiro atoms. The predicted molar refractivity (Wildman–Crippen MR) is 153 cm³/mol. The van der Waals surface area contributed by atoms with E-state index in [1.165, 1.54) is 11.8 Å². The van der Waals surface area contributed by atoms with Gasteiger partial charge in [0.1, 0.15) is 5.75 Å². The largest absolute Gasteiger partial charge is 0.494 e. The first kappa shape index (κ1) is 24.6. The van der Waals surface area contributed by atoms with Gasteiger partial charge in [-0.15, -0.1) is 10.2 Å². The molecule has 0 unspecified atom stereocenters. The van der Waals surface area contributed by atoms with Crippen molar-refractivity contribution in [1.29, 1.82) is 0 Å². The lowest BCUT2D eigenvalue weighted by Gasteiger charge is -2.14. The minimum atomic E-state index is -0.493. The van der Waals surface area contributed by atoms with Crippen LogP contribution < -0.4 is 15.7 Å². The summed E-state index contributed by atoms with van der Waals surface area (Å²) in [6.07, 6.45) is 1.92. The lowest BCUT2D eigenvalue weighted by Crippen LogP contribution is -2.22. The smallest absolute Gasteiger partial charge is 0.323 e. The molecule has 0 saturated carbocycles. The first-order valence-corrected chi connectivity index (χ1v) is 13.3. The molecule has 4 N–H and O–H groups in total. The molecule has 0 radical (unpaired) electrons. The van der Waals surface area contributed by atoms with E-state index in [4.69, 9.17) is 4.74 Å². The van der Waals surface area contributed by atoms with Crippen molar-refractivity contribution in [2.45, 2.75) is 24.3 Å². The zero-order valence-corrected chi connectivity index (χ0v) is 22.0. The number of hydrogen-bond donors (Lipinski definition) is 4. The Morgan fingerprint density at radius 1 is 1.03 bits per heavy atom. The monoisotopic (exact) mass is 539 g/mol. The number of para-hydroxylation sites is 1. The van der Waals surface area contributed by atoms with Crippen LogP contribution in [0.5, 0.6) is 5.75 Å². The number of ether oxygens (including phenoxy) is 1.